The maximum Gasteiger partial charge on any atom is 0.130 e. The van der Waals surface area contributed by atoms with Gasteiger partial charge >= 0.3 is 0 Å². The van der Waals surface area contributed by atoms with Crippen LogP contribution >= 0.6 is 24.0 Å². The standard InChI is InChI=1S/C14H18O2.C4H11OS.HI/c15-14(16)13(11-7-3-1-4-8-11)12-9-5-2-6-10-12;1-6(2)4-3-5;/h1,3-4,7-8,12-13H,2,5-6,9-10H2,(H,15,16);5H,3-4H2,1-2H3;1H/q;+1;/p-1. The Morgan fingerprint density at radius 2 is 1.78 bits per heavy atom. The van der Waals surface area contributed by atoms with Gasteiger partial charge in [0, 0.05) is 11.9 Å². The van der Waals surface area contributed by atoms with Gasteiger partial charge in [0.05, 0.1) is 19.1 Å². The van der Waals surface area contributed by atoms with Crippen molar-refractivity contribution in [3.05, 3.63) is 35.9 Å². The summed E-state index contributed by atoms with van der Waals surface area (Å²) in [4.78, 5) is 11.3. The van der Waals surface area contributed by atoms with E-state index in [0.717, 1.165) is 37.0 Å². The summed E-state index contributed by atoms with van der Waals surface area (Å²) in [7, 11) is 0.434. The monoisotopic (exact) mass is 452 g/mol. The molecule has 0 heterocycles. The average Bonchev–Trinajstić information content (AvgIpc) is 2.50. The van der Waals surface area contributed by atoms with E-state index in [4.69, 9.17) is 5.11 Å². The van der Waals surface area contributed by atoms with Gasteiger partial charge in [0.1, 0.15) is 5.75 Å². The number of benzene rings is 1. The number of hydrogen-bond donors (Lipinski definition) is 1. The Balaban J connectivity index is 0.000000599. The number of aliphatic carboxylic acids is 1. The molecule has 0 radical (unpaired) electrons. The number of halogens is 1. The third kappa shape index (κ3) is 8.96. The average molecular weight is 452 g/mol. The van der Waals surface area contributed by atoms with Crippen LogP contribution in [0, 0.1) is 5.92 Å². The van der Waals surface area contributed by atoms with Gasteiger partial charge in [-0.15, -0.1) is 24.0 Å². The fourth-order valence-corrected chi connectivity index (χ4v) is 3.28. The fourth-order valence-electron chi connectivity index (χ4n) is 2.91. The van der Waals surface area contributed by atoms with E-state index in [9.17, 15) is 9.90 Å². The molecule has 0 saturated heterocycles. The Bertz CT molecular complexity index is 420. The van der Waals surface area contributed by atoms with Crippen LogP contribution in [0.4, 0.5) is 0 Å². The largest absolute Gasteiger partial charge is 0.549 e. The van der Waals surface area contributed by atoms with E-state index < -0.39 is 11.9 Å². The van der Waals surface area contributed by atoms with Crippen LogP contribution in [0.15, 0.2) is 30.3 Å². The second-order valence-electron chi connectivity index (χ2n) is 6.02. The van der Waals surface area contributed by atoms with Gasteiger partial charge in [-0.2, -0.15) is 0 Å². The van der Waals surface area contributed by atoms with Crippen molar-refractivity contribution in [2.75, 3.05) is 24.9 Å². The summed E-state index contributed by atoms with van der Waals surface area (Å²) in [5.74, 6) is -0.110. The van der Waals surface area contributed by atoms with E-state index in [1.807, 2.05) is 30.3 Å². The number of rotatable bonds is 5. The number of hydrogen-bond acceptors (Lipinski definition) is 3. The summed E-state index contributed by atoms with van der Waals surface area (Å²) < 4.78 is 0. The van der Waals surface area contributed by atoms with E-state index in [0.29, 0.717) is 17.5 Å². The molecule has 1 unspecified atom stereocenters. The van der Waals surface area contributed by atoms with Gasteiger partial charge in [0.2, 0.25) is 0 Å². The summed E-state index contributed by atoms with van der Waals surface area (Å²) >= 11 is 0. The first-order chi connectivity index (χ1) is 10.6. The first-order valence-corrected chi connectivity index (χ1v) is 10.2. The van der Waals surface area contributed by atoms with E-state index in [1.165, 1.54) is 6.42 Å². The molecule has 5 heteroatoms. The molecule has 1 aliphatic rings. The van der Waals surface area contributed by atoms with E-state index >= 15 is 0 Å². The molecule has 1 aliphatic carbocycles. The molecule has 132 valence electrons. The summed E-state index contributed by atoms with van der Waals surface area (Å²) in [5, 5.41) is 19.5. The molecule has 1 saturated carbocycles. The lowest BCUT2D eigenvalue weighted by atomic mass is 9.77. The zero-order chi connectivity index (χ0) is 16.4. The van der Waals surface area contributed by atoms with Crippen molar-refractivity contribution < 1.29 is 15.0 Å². The zero-order valence-corrected chi connectivity index (χ0v) is 17.2. The Morgan fingerprint density at radius 3 is 2.17 bits per heavy atom. The zero-order valence-electron chi connectivity index (χ0n) is 14.1. The molecule has 1 N–H and O–H groups in total. The molecular weight excluding hydrogens is 423 g/mol. The predicted octanol–water partition coefficient (Wildman–Crippen LogP) is 2.58. The summed E-state index contributed by atoms with van der Waals surface area (Å²) in [6.45, 7) is 0.343. The van der Waals surface area contributed by atoms with Crippen LogP contribution in [0.5, 0.6) is 0 Å². The van der Waals surface area contributed by atoms with Crippen molar-refractivity contribution in [1.29, 1.82) is 0 Å². The van der Waals surface area contributed by atoms with Crippen LogP contribution in [-0.2, 0) is 15.7 Å². The Kier molecular flexibility index (Phi) is 12.9. The smallest absolute Gasteiger partial charge is 0.130 e. The number of aliphatic hydroxyl groups is 1. The predicted molar refractivity (Wildman–Crippen MR) is 107 cm³/mol. The van der Waals surface area contributed by atoms with Gasteiger partial charge in [-0.3, -0.25) is 0 Å². The summed E-state index contributed by atoms with van der Waals surface area (Å²) in [6, 6.07) is 9.50. The second kappa shape index (κ2) is 13.1. The second-order valence-corrected chi connectivity index (χ2v) is 8.40. The van der Waals surface area contributed by atoms with Gasteiger partial charge in [0.25, 0.3) is 0 Å². The van der Waals surface area contributed by atoms with Gasteiger partial charge in [0.15, 0.2) is 0 Å². The van der Waals surface area contributed by atoms with Gasteiger partial charge < -0.3 is 15.0 Å². The molecule has 2 rings (SSSR count). The fraction of sp³-hybridized carbons (Fsp3) is 0.611. The minimum Gasteiger partial charge on any atom is -0.549 e. The van der Waals surface area contributed by atoms with Crippen LogP contribution in [0.25, 0.3) is 0 Å². The lowest BCUT2D eigenvalue weighted by Crippen LogP contribution is -2.35. The molecule has 0 aliphatic heterocycles. The molecular formula is C18H29IO3S. The van der Waals surface area contributed by atoms with Crippen LogP contribution in [0.2, 0.25) is 0 Å². The molecule has 0 spiro atoms. The van der Waals surface area contributed by atoms with Crippen molar-refractivity contribution in [1.82, 2.24) is 0 Å². The lowest BCUT2D eigenvalue weighted by molar-refractivity contribution is -0.309. The van der Waals surface area contributed by atoms with Crippen molar-refractivity contribution in [3.63, 3.8) is 0 Å². The molecule has 0 amide bonds. The molecule has 0 aromatic heterocycles. The van der Waals surface area contributed by atoms with E-state index in [-0.39, 0.29) is 29.9 Å². The third-order valence-electron chi connectivity index (χ3n) is 4.03. The maximum atomic E-state index is 11.3. The topological polar surface area (TPSA) is 60.4 Å². The number of carboxylic acid groups (broad SMARTS) is 1. The van der Waals surface area contributed by atoms with Crippen molar-refractivity contribution in [2.45, 2.75) is 38.0 Å². The molecule has 1 atom stereocenters. The Morgan fingerprint density at radius 1 is 1.22 bits per heavy atom. The molecule has 0 bridgehead atoms. The van der Waals surface area contributed by atoms with Crippen molar-refractivity contribution >= 4 is 40.8 Å². The third-order valence-corrected chi connectivity index (χ3v) is 5.03. The molecule has 1 aromatic carbocycles. The van der Waals surface area contributed by atoms with E-state index in [1.54, 1.807) is 0 Å². The molecule has 23 heavy (non-hydrogen) atoms. The Labute approximate surface area is 160 Å². The van der Waals surface area contributed by atoms with Crippen molar-refractivity contribution in [2.24, 2.45) is 5.92 Å². The van der Waals surface area contributed by atoms with Gasteiger partial charge in [-0.25, -0.2) is 0 Å². The van der Waals surface area contributed by atoms with Crippen LogP contribution < -0.4 is 5.11 Å². The first kappa shape index (κ1) is 22.7. The lowest BCUT2D eigenvalue weighted by Gasteiger charge is -2.31. The highest BCUT2D eigenvalue weighted by molar-refractivity contribution is 14.0. The summed E-state index contributed by atoms with van der Waals surface area (Å²) in [5.41, 5.74) is 0.898. The highest BCUT2D eigenvalue weighted by Crippen LogP contribution is 2.35. The van der Waals surface area contributed by atoms with E-state index in [2.05, 4.69) is 12.5 Å². The molecule has 3 nitrogen and oxygen atoms in total. The number of carboxylic acids is 1. The van der Waals surface area contributed by atoms with Crippen LogP contribution in [-0.4, -0.2) is 35.9 Å². The normalized spacial score (nSPS) is 16.0. The van der Waals surface area contributed by atoms with Gasteiger partial charge in [-0.1, -0.05) is 49.6 Å². The van der Waals surface area contributed by atoms with Gasteiger partial charge in [-0.05, 0) is 35.2 Å². The Hall–Kier alpha value is -0.270. The van der Waals surface area contributed by atoms with Crippen molar-refractivity contribution in [3.8, 4) is 0 Å². The van der Waals surface area contributed by atoms with Crippen LogP contribution in [0.1, 0.15) is 43.6 Å². The number of carbonyl (C=O) groups is 1. The quantitative estimate of drug-likeness (QED) is 0.552. The first-order valence-electron chi connectivity index (χ1n) is 7.97. The highest BCUT2D eigenvalue weighted by atomic mass is 127. The SMILES string of the molecule is C[S+](C)CCO.I.O=C([O-])C(c1ccccc1)C1CCCCC1. The number of carbonyl (C=O) groups excluding carboxylic acids is 1. The molecule has 1 fully saturated rings. The van der Waals surface area contributed by atoms with Crippen LogP contribution in [0.3, 0.4) is 0 Å². The minimum absolute atomic E-state index is 0. The minimum atomic E-state index is -0.918. The number of aliphatic hydroxyl groups excluding tert-OH is 1. The highest BCUT2D eigenvalue weighted by Gasteiger charge is 2.25. The summed E-state index contributed by atoms with van der Waals surface area (Å²) in [6.07, 6.45) is 9.83. The molecule has 1 aromatic rings. The maximum absolute atomic E-state index is 11.3.